The summed E-state index contributed by atoms with van der Waals surface area (Å²) in [7, 11) is 2.07. The first-order valence-electron chi connectivity index (χ1n) is 7.01. The van der Waals surface area contributed by atoms with Gasteiger partial charge in [-0.05, 0) is 43.8 Å². The molecule has 0 N–H and O–H groups in total. The molecule has 110 valence electrons. The maximum atomic E-state index is 12.1. The number of aromatic nitrogens is 1. The molecular formula is C17H19BrN2O. The van der Waals surface area contributed by atoms with E-state index in [-0.39, 0.29) is 5.78 Å². The molecular weight excluding hydrogens is 328 g/mol. The summed E-state index contributed by atoms with van der Waals surface area (Å²) in [5.74, 6) is 0.206. The monoisotopic (exact) mass is 346 g/mol. The van der Waals surface area contributed by atoms with Gasteiger partial charge in [0.15, 0.2) is 5.78 Å². The Kier molecular flexibility index (Phi) is 6.08. The summed E-state index contributed by atoms with van der Waals surface area (Å²) in [6.07, 6.45) is 5.11. The van der Waals surface area contributed by atoms with Crippen LogP contribution >= 0.6 is 15.9 Å². The van der Waals surface area contributed by atoms with Gasteiger partial charge in [0.05, 0.1) is 0 Å². The van der Waals surface area contributed by atoms with Crippen LogP contribution in [0.1, 0.15) is 28.8 Å². The number of halogens is 1. The second kappa shape index (κ2) is 8.05. The van der Waals surface area contributed by atoms with E-state index in [0.29, 0.717) is 6.42 Å². The largest absolute Gasteiger partial charge is 0.302 e. The summed E-state index contributed by atoms with van der Waals surface area (Å²) < 4.78 is 0.996. The van der Waals surface area contributed by atoms with Gasteiger partial charge in [-0.25, -0.2) is 0 Å². The smallest absolute Gasteiger partial charge is 0.162 e. The minimum absolute atomic E-state index is 0.206. The summed E-state index contributed by atoms with van der Waals surface area (Å²) in [6.45, 7) is 1.76. The van der Waals surface area contributed by atoms with Crippen molar-refractivity contribution in [2.45, 2.75) is 19.4 Å². The van der Waals surface area contributed by atoms with Gasteiger partial charge in [0, 0.05) is 35.4 Å². The molecule has 0 aliphatic carbocycles. The van der Waals surface area contributed by atoms with Crippen LogP contribution in [0.3, 0.4) is 0 Å². The molecule has 0 unspecified atom stereocenters. The minimum Gasteiger partial charge on any atom is -0.302 e. The lowest BCUT2D eigenvalue weighted by Crippen LogP contribution is -2.19. The van der Waals surface area contributed by atoms with E-state index in [2.05, 4.69) is 38.9 Å². The van der Waals surface area contributed by atoms with Crippen molar-refractivity contribution in [3.8, 4) is 0 Å². The molecule has 1 heterocycles. The highest BCUT2D eigenvalue weighted by molar-refractivity contribution is 9.10. The number of pyridine rings is 1. The summed E-state index contributed by atoms with van der Waals surface area (Å²) in [5, 5.41) is 0. The van der Waals surface area contributed by atoms with Gasteiger partial charge in [-0.3, -0.25) is 9.78 Å². The predicted octanol–water partition coefficient (Wildman–Crippen LogP) is 3.94. The van der Waals surface area contributed by atoms with Crippen molar-refractivity contribution in [3.05, 3.63) is 64.4 Å². The first-order chi connectivity index (χ1) is 10.1. The lowest BCUT2D eigenvalue weighted by Gasteiger charge is -2.16. The molecule has 2 aromatic rings. The summed E-state index contributed by atoms with van der Waals surface area (Å²) in [4.78, 5) is 18.4. The Morgan fingerprint density at radius 3 is 2.67 bits per heavy atom. The summed E-state index contributed by atoms with van der Waals surface area (Å²) in [6, 6.07) is 11.6. The zero-order chi connectivity index (χ0) is 15.1. The summed E-state index contributed by atoms with van der Waals surface area (Å²) in [5.41, 5.74) is 1.98. The van der Waals surface area contributed by atoms with E-state index in [0.717, 1.165) is 29.5 Å². The highest BCUT2D eigenvalue weighted by atomic mass is 79.9. The van der Waals surface area contributed by atoms with E-state index >= 15 is 0 Å². The van der Waals surface area contributed by atoms with E-state index < -0.39 is 0 Å². The molecule has 3 nitrogen and oxygen atoms in total. The molecule has 1 aromatic carbocycles. The average molecular weight is 347 g/mol. The van der Waals surface area contributed by atoms with E-state index in [4.69, 9.17) is 0 Å². The quantitative estimate of drug-likeness (QED) is 0.712. The van der Waals surface area contributed by atoms with Crippen molar-refractivity contribution in [3.63, 3.8) is 0 Å². The van der Waals surface area contributed by atoms with Gasteiger partial charge in [-0.15, -0.1) is 0 Å². The first kappa shape index (κ1) is 15.9. The SMILES string of the molecule is CN(CCCC(=O)c1ccc(Br)cc1)Cc1cccnc1. The van der Waals surface area contributed by atoms with Crippen LogP contribution in [0.15, 0.2) is 53.3 Å². The lowest BCUT2D eigenvalue weighted by molar-refractivity contribution is 0.0976. The number of carbonyl (C=O) groups is 1. The number of rotatable bonds is 7. The Bertz CT molecular complexity index is 569. The van der Waals surface area contributed by atoms with E-state index in [9.17, 15) is 4.79 Å². The fourth-order valence-corrected chi connectivity index (χ4v) is 2.44. The molecule has 2 rings (SSSR count). The van der Waals surface area contributed by atoms with Gasteiger partial charge in [0.1, 0.15) is 0 Å². The number of carbonyl (C=O) groups excluding carboxylic acids is 1. The maximum Gasteiger partial charge on any atom is 0.162 e. The first-order valence-corrected chi connectivity index (χ1v) is 7.80. The van der Waals surface area contributed by atoms with Crippen molar-refractivity contribution < 1.29 is 4.79 Å². The van der Waals surface area contributed by atoms with E-state index in [1.165, 1.54) is 5.56 Å². The van der Waals surface area contributed by atoms with Crippen LogP contribution in [0.2, 0.25) is 0 Å². The number of nitrogens with zero attached hydrogens (tertiary/aromatic N) is 2. The van der Waals surface area contributed by atoms with Crippen molar-refractivity contribution in [2.24, 2.45) is 0 Å². The van der Waals surface area contributed by atoms with Gasteiger partial charge in [-0.2, -0.15) is 0 Å². The number of hydrogen-bond acceptors (Lipinski definition) is 3. The van der Waals surface area contributed by atoms with Crippen LogP contribution in [-0.4, -0.2) is 29.3 Å². The van der Waals surface area contributed by atoms with Crippen LogP contribution in [-0.2, 0) is 6.54 Å². The molecule has 21 heavy (non-hydrogen) atoms. The Labute approximate surface area is 134 Å². The zero-order valence-electron chi connectivity index (χ0n) is 12.1. The Hall–Kier alpha value is -1.52. The van der Waals surface area contributed by atoms with Crippen LogP contribution in [0.25, 0.3) is 0 Å². The Morgan fingerprint density at radius 1 is 1.24 bits per heavy atom. The lowest BCUT2D eigenvalue weighted by atomic mass is 10.1. The number of benzene rings is 1. The fourth-order valence-electron chi connectivity index (χ4n) is 2.17. The molecule has 1 aromatic heterocycles. The van der Waals surface area contributed by atoms with E-state index in [1.807, 2.05) is 36.5 Å². The molecule has 0 spiro atoms. The molecule has 0 amide bonds. The van der Waals surface area contributed by atoms with Crippen LogP contribution in [0, 0.1) is 0 Å². The third-order valence-electron chi connectivity index (χ3n) is 3.29. The van der Waals surface area contributed by atoms with Crippen molar-refractivity contribution >= 4 is 21.7 Å². The van der Waals surface area contributed by atoms with Gasteiger partial charge in [-0.1, -0.05) is 34.1 Å². The van der Waals surface area contributed by atoms with Crippen molar-refractivity contribution in [1.82, 2.24) is 9.88 Å². The third kappa shape index (κ3) is 5.40. The maximum absolute atomic E-state index is 12.1. The van der Waals surface area contributed by atoms with Gasteiger partial charge in [0.2, 0.25) is 0 Å². The molecule has 0 aliphatic rings. The molecule has 0 fully saturated rings. The third-order valence-corrected chi connectivity index (χ3v) is 3.81. The topological polar surface area (TPSA) is 33.2 Å². The highest BCUT2D eigenvalue weighted by Gasteiger charge is 2.07. The number of hydrogen-bond donors (Lipinski definition) is 0. The standard InChI is InChI=1S/C17H19BrN2O/c1-20(13-14-4-2-10-19-12-14)11-3-5-17(21)15-6-8-16(18)9-7-15/h2,4,6-10,12H,3,5,11,13H2,1H3. The second-order valence-corrected chi connectivity index (χ2v) is 6.05. The number of ketones is 1. The van der Waals surface area contributed by atoms with Crippen molar-refractivity contribution in [1.29, 1.82) is 0 Å². The van der Waals surface area contributed by atoms with Crippen LogP contribution < -0.4 is 0 Å². The Balaban J connectivity index is 1.73. The molecule has 0 saturated heterocycles. The van der Waals surface area contributed by atoms with Crippen molar-refractivity contribution in [2.75, 3.05) is 13.6 Å². The molecule has 0 atom stereocenters. The minimum atomic E-state index is 0.206. The molecule has 0 radical (unpaired) electrons. The average Bonchev–Trinajstić information content (AvgIpc) is 2.49. The van der Waals surface area contributed by atoms with Crippen LogP contribution in [0.5, 0.6) is 0 Å². The normalized spacial score (nSPS) is 10.8. The van der Waals surface area contributed by atoms with E-state index in [1.54, 1.807) is 6.20 Å². The highest BCUT2D eigenvalue weighted by Crippen LogP contribution is 2.13. The van der Waals surface area contributed by atoms with Gasteiger partial charge in [0.25, 0.3) is 0 Å². The molecule has 0 aliphatic heterocycles. The molecule has 4 heteroatoms. The van der Waals surface area contributed by atoms with Gasteiger partial charge >= 0.3 is 0 Å². The van der Waals surface area contributed by atoms with Gasteiger partial charge < -0.3 is 4.90 Å². The predicted molar refractivity (Wildman–Crippen MR) is 88.3 cm³/mol. The summed E-state index contributed by atoms with van der Waals surface area (Å²) >= 11 is 3.37. The molecule has 0 bridgehead atoms. The molecule has 0 saturated carbocycles. The zero-order valence-corrected chi connectivity index (χ0v) is 13.7. The fraction of sp³-hybridized carbons (Fsp3) is 0.294. The van der Waals surface area contributed by atoms with Crippen LogP contribution in [0.4, 0.5) is 0 Å². The number of Topliss-reactive ketones (excluding diaryl/α,β-unsaturated/α-hetero) is 1. The second-order valence-electron chi connectivity index (χ2n) is 5.13. The Morgan fingerprint density at radius 2 is 2.00 bits per heavy atom.